The van der Waals surface area contributed by atoms with E-state index in [1.807, 2.05) is 24.3 Å². The van der Waals surface area contributed by atoms with Gasteiger partial charge in [0.25, 0.3) is 0 Å². The Morgan fingerprint density at radius 2 is 1.71 bits per heavy atom. The standard InChI is InChI=1S/C18H13ClO2/c19-15-8-2-6-13(10-15)17(21)11-14-7-1-4-12-5-3-9-16(20)18(12)14/h1-10,20H,11H2. The minimum Gasteiger partial charge on any atom is -0.507 e. The minimum atomic E-state index is -0.0201. The fourth-order valence-electron chi connectivity index (χ4n) is 2.48. The van der Waals surface area contributed by atoms with Crippen molar-refractivity contribution in [2.75, 3.05) is 0 Å². The molecule has 0 unspecified atom stereocenters. The molecule has 3 rings (SSSR count). The van der Waals surface area contributed by atoms with Crippen molar-refractivity contribution in [3.8, 4) is 5.75 Å². The van der Waals surface area contributed by atoms with Gasteiger partial charge in [0.2, 0.25) is 0 Å². The maximum atomic E-state index is 12.4. The van der Waals surface area contributed by atoms with E-state index >= 15 is 0 Å². The summed E-state index contributed by atoms with van der Waals surface area (Å²) in [5.41, 5.74) is 1.39. The summed E-state index contributed by atoms with van der Waals surface area (Å²) in [6.45, 7) is 0. The molecule has 0 atom stereocenters. The van der Waals surface area contributed by atoms with Crippen LogP contribution < -0.4 is 0 Å². The molecule has 3 aromatic rings. The molecule has 0 saturated carbocycles. The second kappa shape index (κ2) is 5.58. The van der Waals surface area contributed by atoms with Crippen LogP contribution in [0.2, 0.25) is 5.02 Å². The lowest BCUT2D eigenvalue weighted by Crippen LogP contribution is -2.04. The van der Waals surface area contributed by atoms with Crippen LogP contribution in [0.1, 0.15) is 15.9 Å². The number of rotatable bonds is 3. The first-order chi connectivity index (χ1) is 10.1. The summed E-state index contributed by atoms with van der Waals surface area (Å²) in [6.07, 6.45) is 0.231. The molecule has 1 N–H and O–H groups in total. The number of halogens is 1. The molecule has 3 aromatic carbocycles. The first-order valence-corrected chi connectivity index (χ1v) is 7.01. The number of phenolic OH excluding ortho intramolecular Hbond substituents is 1. The highest BCUT2D eigenvalue weighted by molar-refractivity contribution is 6.31. The number of fused-ring (bicyclic) bond motifs is 1. The van der Waals surface area contributed by atoms with Crippen LogP contribution in [0, 0.1) is 0 Å². The lowest BCUT2D eigenvalue weighted by Gasteiger charge is -2.08. The Balaban J connectivity index is 2.01. The van der Waals surface area contributed by atoms with Gasteiger partial charge in [-0.3, -0.25) is 4.79 Å². The van der Waals surface area contributed by atoms with Crippen molar-refractivity contribution in [2.24, 2.45) is 0 Å². The summed E-state index contributed by atoms with van der Waals surface area (Å²) in [5, 5.41) is 12.2. The number of hydrogen-bond acceptors (Lipinski definition) is 2. The van der Waals surface area contributed by atoms with Gasteiger partial charge < -0.3 is 5.11 Å². The summed E-state index contributed by atoms with van der Waals surface area (Å²) < 4.78 is 0. The summed E-state index contributed by atoms with van der Waals surface area (Å²) in [4.78, 5) is 12.4. The SMILES string of the molecule is O=C(Cc1cccc2cccc(O)c12)c1cccc(Cl)c1. The van der Waals surface area contributed by atoms with Crippen LogP contribution in [0.25, 0.3) is 10.8 Å². The number of phenols is 1. The third kappa shape index (κ3) is 2.76. The molecule has 0 heterocycles. The lowest BCUT2D eigenvalue weighted by molar-refractivity contribution is 0.0993. The summed E-state index contributed by atoms with van der Waals surface area (Å²) >= 11 is 5.92. The highest BCUT2D eigenvalue weighted by atomic mass is 35.5. The van der Waals surface area contributed by atoms with Crippen LogP contribution in [0.5, 0.6) is 5.75 Å². The molecule has 0 bridgehead atoms. The molecule has 0 aliphatic heterocycles. The molecule has 0 aliphatic rings. The third-order valence-electron chi connectivity index (χ3n) is 3.47. The molecule has 0 aliphatic carbocycles. The Labute approximate surface area is 127 Å². The minimum absolute atomic E-state index is 0.0201. The van der Waals surface area contributed by atoms with Gasteiger partial charge in [-0.25, -0.2) is 0 Å². The largest absolute Gasteiger partial charge is 0.507 e. The van der Waals surface area contributed by atoms with Gasteiger partial charge in [0, 0.05) is 22.4 Å². The third-order valence-corrected chi connectivity index (χ3v) is 3.70. The predicted octanol–water partition coefficient (Wildman–Crippen LogP) is 4.62. The van der Waals surface area contributed by atoms with E-state index in [0.717, 1.165) is 16.3 Å². The Morgan fingerprint density at radius 1 is 1.00 bits per heavy atom. The lowest BCUT2D eigenvalue weighted by atomic mass is 9.97. The van der Waals surface area contributed by atoms with E-state index < -0.39 is 0 Å². The van der Waals surface area contributed by atoms with Gasteiger partial charge in [0.15, 0.2) is 5.78 Å². The first-order valence-electron chi connectivity index (χ1n) is 6.63. The molecular weight excluding hydrogens is 284 g/mol. The van der Waals surface area contributed by atoms with Gasteiger partial charge in [-0.1, -0.05) is 54.1 Å². The van der Waals surface area contributed by atoms with Crippen LogP contribution in [-0.4, -0.2) is 10.9 Å². The van der Waals surface area contributed by atoms with Crippen molar-refractivity contribution >= 4 is 28.2 Å². The normalized spacial score (nSPS) is 10.7. The van der Waals surface area contributed by atoms with Crippen LogP contribution in [-0.2, 0) is 6.42 Å². The van der Waals surface area contributed by atoms with Gasteiger partial charge >= 0.3 is 0 Å². The molecular formula is C18H13ClO2. The molecule has 0 amide bonds. The van der Waals surface area contributed by atoms with Gasteiger partial charge in [0.1, 0.15) is 5.75 Å². The number of aromatic hydroxyl groups is 1. The number of carbonyl (C=O) groups excluding carboxylic acids is 1. The average Bonchev–Trinajstić information content (AvgIpc) is 2.47. The summed E-state index contributed by atoms with van der Waals surface area (Å²) in [7, 11) is 0. The van der Waals surface area contributed by atoms with Crippen molar-refractivity contribution in [2.45, 2.75) is 6.42 Å². The van der Waals surface area contributed by atoms with Crippen LogP contribution >= 0.6 is 11.6 Å². The topological polar surface area (TPSA) is 37.3 Å². The Morgan fingerprint density at radius 3 is 2.48 bits per heavy atom. The maximum Gasteiger partial charge on any atom is 0.167 e. The van der Waals surface area contributed by atoms with Gasteiger partial charge in [-0.05, 0) is 29.1 Å². The Bertz CT molecular complexity index is 819. The zero-order valence-corrected chi connectivity index (χ0v) is 12.0. The van der Waals surface area contributed by atoms with Crippen molar-refractivity contribution in [3.63, 3.8) is 0 Å². The molecule has 0 spiro atoms. The molecule has 0 fully saturated rings. The van der Waals surface area contributed by atoms with Crippen molar-refractivity contribution in [1.29, 1.82) is 0 Å². The van der Waals surface area contributed by atoms with Crippen molar-refractivity contribution in [1.82, 2.24) is 0 Å². The van der Waals surface area contributed by atoms with E-state index in [9.17, 15) is 9.90 Å². The smallest absolute Gasteiger partial charge is 0.167 e. The number of ketones is 1. The summed E-state index contributed by atoms with van der Waals surface area (Å²) in [6, 6.07) is 17.9. The molecule has 21 heavy (non-hydrogen) atoms. The number of hydrogen-bond donors (Lipinski definition) is 1. The molecule has 0 aromatic heterocycles. The molecule has 104 valence electrons. The number of carbonyl (C=O) groups is 1. The van der Waals surface area contributed by atoms with Gasteiger partial charge in [0.05, 0.1) is 0 Å². The van der Waals surface area contributed by atoms with E-state index in [2.05, 4.69) is 0 Å². The van der Waals surface area contributed by atoms with E-state index in [1.165, 1.54) is 0 Å². The fourth-order valence-corrected chi connectivity index (χ4v) is 2.67. The molecule has 0 radical (unpaired) electrons. The fraction of sp³-hybridized carbons (Fsp3) is 0.0556. The van der Waals surface area contributed by atoms with E-state index in [1.54, 1.807) is 36.4 Å². The second-order valence-corrected chi connectivity index (χ2v) is 5.34. The summed E-state index contributed by atoms with van der Waals surface area (Å²) in [5.74, 6) is 0.176. The molecule has 3 heteroatoms. The van der Waals surface area contributed by atoms with E-state index in [4.69, 9.17) is 11.6 Å². The van der Waals surface area contributed by atoms with Gasteiger partial charge in [-0.15, -0.1) is 0 Å². The zero-order chi connectivity index (χ0) is 14.8. The highest BCUT2D eigenvalue weighted by Crippen LogP contribution is 2.28. The van der Waals surface area contributed by atoms with Gasteiger partial charge in [-0.2, -0.15) is 0 Å². The Kier molecular flexibility index (Phi) is 3.63. The molecule has 0 saturated heterocycles. The second-order valence-electron chi connectivity index (χ2n) is 4.90. The van der Waals surface area contributed by atoms with Crippen LogP contribution in [0.3, 0.4) is 0 Å². The average molecular weight is 297 g/mol. The monoisotopic (exact) mass is 296 g/mol. The Hall–Kier alpha value is -2.32. The number of benzene rings is 3. The predicted molar refractivity (Wildman–Crippen MR) is 85.1 cm³/mol. The quantitative estimate of drug-likeness (QED) is 0.716. The number of Topliss-reactive ketones (excluding diaryl/α,β-unsaturated/α-hetero) is 1. The van der Waals surface area contributed by atoms with Crippen molar-refractivity contribution in [3.05, 3.63) is 76.8 Å². The van der Waals surface area contributed by atoms with E-state index in [-0.39, 0.29) is 18.0 Å². The van der Waals surface area contributed by atoms with Crippen LogP contribution in [0.4, 0.5) is 0 Å². The maximum absolute atomic E-state index is 12.4. The highest BCUT2D eigenvalue weighted by Gasteiger charge is 2.11. The van der Waals surface area contributed by atoms with Crippen LogP contribution in [0.15, 0.2) is 60.7 Å². The van der Waals surface area contributed by atoms with E-state index in [0.29, 0.717) is 10.6 Å². The zero-order valence-electron chi connectivity index (χ0n) is 11.2. The molecule has 2 nitrogen and oxygen atoms in total. The van der Waals surface area contributed by atoms with Crippen molar-refractivity contribution < 1.29 is 9.90 Å². The first kappa shape index (κ1) is 13.7.